The Morgan fingerprint density at radius 2 is 2.09 bits per heavy atom. The van der Waals surface area contributed by atoms with Crippen molar-refractivity contribution in [2.24, 2.45) is 7.05 Å². The zero-order valence-corrected chi connectivity index (χ0v) is 24.4. The smallest absolute Gasteiger partial charge is 0.387 e. The number of nitrogens with one attached hydrogen (secondary N) is 2. The minimum atomic E-state index is -3.08. The number of morpholine rings is 1. The summed E-state index contributed by atoms with van der Waals surface area (Å²) in [5.74, 6) is -0.389. The van der Waals surface area contributed by atoms with Crippen molar-refractivity contribution in [3.8, 4) is 17.0 Å². The van der Waals surface area contributed by atoms with Crippen LogP contribution in [-0.4, -0.2) is 77.9 Å². The fourth-order valence-electron chi connectivity index (χ4n) is 5.19. The predicted molar refractivity (Wildman–Crippen MR) is 164 cm³/mol. The molecule has 226 valence electrons. The van der Waals surface area contributed by atoms with E-state index in [1.54, 1.807) is 12.3 Å². The molecule has 0 saturated carbocycles. The van der Waals surface area contributed by atoms with E-state index in [2.05, 4.69) is 39.0 Å². The maximum Gasteiger partial charge on any atom is 0.387 e. The Bertz CT molecular complexity index is 1610. The molecule has 0 bridgehead atoms. The highest BCUT2D eigenvalue weighted by molar-refractivity contribution is 6.02. The summed E-state index contributed by atoms with van der Waals surface area (Å²) in [6, 6.07) is 13.0. The van der Waals surface area contributed by atoms with Gasteiger partial charge in [0, 0.05) is 74.7 Å². The van der Waals surface area contributed by atoms with Crippen LogP contribution in [0.1, 0.15) is 6.92 Å². The Hall–Kier alpha value is -4.55. The number of likely N-dealkylation sites (N-methyl/N-ethyl adjacent to an activating group) is 1. The molecule has 10 nitrogen and oxygen atoms in total. The summed E-state index contributed by atoms with van der Waals surface area (Å²) in [4.78, 5) is 25.6. The number of alkyl halides is 2. The first-order chi connectivity index (χ1) is 20.7. The van der Waals surface area contributed by atoms with Gasteiger partial charge in [0.25, 0.3) is 0 Å². The zero-order chi connectivity index (χ0) is 30.5. The molecule has 3 heterocycles. The number of aryl methyl sites for hydroxylation is 1. The van der Waals surface area contributed by atoms with E-state index in [-0.39, 0.29) is 23.4 Å². The summed E-state index contributed by atoms with van der Waals surface area (Å²) < 4.78 is 39.7. The van der Waals surface area contributed by atoms with Crippen LogP contribution in [0.25, 0.3) is 22.2 Å². The number of amides is 1. The van der Waals surface area contributed by atoms with Crippen LogP contribution in [-0.2, 0) is 16.6 Å². The van der Waals surface area contributed by atoms with Gasteiger partial charge >= 0.3 is 6.61 Å². The van der Waals surface area contributed by atoms with E-state index in [1.165, 1.54) is 12.1 Å². The van der Waals surface area contributed by atoms with Crippen LogP contribution in [0, 0.1) is 0 Å². The number of anilines is 4. The van der Waals surface area contributed by atoms with Gasteiger partial charge in [0.05, 0.1) is 36.0 Å². The van der Waals surface area contributed by atoms with Crippen molar-refractivity contribution in [3.05, 3.63) is 67.5 Å². The van der Waals surface area contributed by atoms with Crippen LogP contribution in [0.2, 0.25) is 0 Å². The first kappa shape index (κ1) is 29.9. The number of hydrogen-bond acceptors (Lipinski definition) is 8. The normalized spacial score (nSPS) is 15.4. The number of carbonyl (C=O) groups excluding carboxylic acids is 1. The Morgan fingerprint density at radius 3 is 2.86 bits per heavy atom. The van der Waals surface area contributed by atoms with Gasteiger partial charge in [0.1, 0.15) is 0 Å². The van der Waals surface area contributed by atoms with Crippen LogP contribution in [0.5, 0.6) is 5.75 Å². The summed E-state index contributed by atoms with van der Waals surface area (Å²) in [6.07, 6.45) is 4.72. The van der Waals surface area contributed by atoms with Crippen molar-refractivity contribution in [1.29, 1.82) is 0 Å². The van der Waals surface area contributed by atoms with Gasteiger partial charge in [-0.2, -0.15) is 8.78 Å². The van der Waals surface area contributed by atoms with Crippen molar-refractivity contribution in [2.75, 3.05) is 55.4 Å². The molecule has 1 aliphatic rings. The van der Waals surface area contributed by atoms with E-state index in [0.717, 1.165) is 35.6 Å². The zero-order valence-electron chi connectivity index (χ0n) is 24.4. The second kappa shape index (κ2) is 13.2. The fourth-order valence-corrected chi connectivity index (χ4v) is 5.19. The molecule has 1 fully saturated rings. The third-order valence-electron chi connectivity index (χ3n) is 7.47. The van der Waals surface area contributed by atoms with Gasteiger partial charge in [-0.05, 0) is 31.2 Å². The number of para-hydroxylation sites is 1. The highest BCUT2D eigenvalue weighted by atomic mass is 19.3. The lowest BCUT2D eigenvalue weighted by atomic mass is 10.1. The number of fused-ring (bicyclic) bond motifs is 1. The van der Waals surface area contributed by atoms with Crippen molar-refractivity contribution in [3.63, 3.8) is 0 Å². The molecule has 5 rings (SSSR count). The summed E-state index contributed by atoms with van der Waals surface area (Å²) >= 11 is 0. The van der Waals surface area contributed by atoms with Gasteiger partial charge in [0.2, 0.25) is 11.9 Å². The Kier molecular flexibility index (Phi) is 9.17. The molecule has 1 atom stereocenters. The lowest BCUT2D eigenvalue weighted by Crippen LogP contribution is -2.46. The van der Waals surface area contributed by atoms with Gasteiger partial charge in [0.15, 0.2) is 5.75 Å². The molecule has 1 amide bonds. The third kappa shape index (κ3) is 6.92. The topological polar surface area (TPSA) is 96.8 Å². The summed E-state index contributed by atoms with van der Waals surface area (Å²) in [7, 11) is 3.79. The second-order valence-corrected chi connectivity index (χ2v) is 10.4. The van der Waals surface area contributed by atoms with E-state index in [4.69, 9.17) is 9.47 Å². The number of benzene rings is 2. The van der Waals surface area contributed by atoms with Crippen molar-refractivity contribution in [1.82, 2.24) is 19.4 Å². The van der Waals surface area contributed by atoms with Gasteiger partial charge in [-0.25, -0.2) is 9.97 Å². The number of hydrogen-bond donors (Lipinski definition) is 2. The van der Waals surface area contributed by atoms with Crippen LogP contribution in [0.15, 0.2) is 67.5 Å². The first-order valence-electron chi connectivity index (χ1n) is 14.0. The van der Waals surface area contributed by atoms with E-state index < -0.39 is 12.5 Å². The van der Waals surface area contributed by atoms with Crippen LogP contribution in [0.3, 0.4) is 0 Å². The van der Waals surface area contributed by atoms with Gasteiger partial charge < -0.3 is 29.6 Å². The van der Waals surface area contributed by atoms with E-state index >= 15 is 0 Å². The summed E-state index contributed by atoms with van der Waals surface area (Å²) in [5.41, 5.74) is 3.65. The largest absolute Gasteiger partial charge is 0.433 e. The second-order valence-electron chi connectivity index (χ2n) is 10.4. The first-order valence-corrected chi connectivity index (χ1v) is 14.0. The average Bonchev–Trinajstić information content (AvgIpc) is 3.34. The monoisotopic (exact) mass is 591 g/mol. The molecule has 0 spiro atoms. The molecule has 43 heavy (non-hydrogen) atoms. The number of carbonyl (C=O) groups is 1. The standard InChI is InChI=1S/C31H35F2N7O3/c1-5-29(41)35-24-16-25(28(43-30(32)33)17-27(24)38(3)12-13-40-14-15-42-19-20(40)2)37-31-34-11-10-23(36-31)22-18-39(4)26-9-7-6-8-21(22)26/h5-11,16-18,20,30H,1,12-15,19H2,2-4H3,(H,35,41)(H,34,36,37). The molecule has 2 N–H and O–H groups in total. The number of ether oxygens (including phenoxy) is 2. The minimum Gasteiger partial charge on any atom is -0.433 e. The molecule has 4 aromatic rings. The van der Waals surface area contributed by atoms with Crippen LogP contribution >= 0.6 is 0 Å². The van der Waals surface area contributed by atoms with E-state index in [0.29, 0.717) is 36.8 Å². The molecule has 2 aromatic carbocycles. The summed E-state index contributed by atoms with van der Waals surface area (Å²) in [6.45, 7) is 5.96. The fraction of sp³-hybridized carbons (Fsp3) is 0.323. The number of rotatable bonds is 11. The van der Waals surface area contributed by atoms with Crippen molar-refractivity contribution < 1.29 is 23.0 Å². The number of aromatic nitrogens is 3. The van der Waals surface area contributed by atoms with E-state index in [9.17, 15) is 13.6 Å². The molecule has 1 aliphatic heterocycles. The predicted octanol–water partition coefficient (Wildman–Crippen LogP) is 5.26. The van der Waals surface area contributed by atoms with Gasteiger partial charge in [-0.1, -0.05) is 24.8 Å². The van der Waals surface area contributed by atoms with Crippen molar-refractivity contribution >= 4 is 39.8 Å². The lowest BCUT2D eigenvalue weighted by Gasteiger charge is -2.35. The molecule has 0 radical (unpaired) electrons. The minimum absolute atomic E-state index is 0.118. The highest BCUT2D eigenvalue weighted by Gasteiger charge is 2.22. The van der Waals surface area contributed by atoms with Crippen LogP contribution < -0.4 is 20.3 Å². The molecule has 1 saturated heterocycles. The molecular weight excluding hydrogens is 556 g/mol. The SMILES string of the molecule is C=CC(=O)Nc1cc(Nc2nccc(-c3cn(C)c4ccccc34)n2)c(OC(F)F)cc1N(C)CCN1CCOCC1C. The number of nitrogens with zero attached hydrogens (tertiary/aromatic N) is 5. The maximum absolute atomic E-state index is 13.6. The Balaban J connectivity index is 1.48. The van der Waals surface area contributed by atoms with Gasteiger partial charge in [-0.15, -0.1) is 0 Å². The number of halogens is 2. The lowest BCUT2D eigenvalue weighted by molar-refractivity contribution is -0.111. The molecule has 2 aromatic heterocycles. The molecule has 0 aliphatic carbocycles. The third-order valence-corrected chi connectivity index (χ3v) is 7.47. The summed E-state index contributed by atoms with van der Waals surface area (Å²) in [5, 5.41) is 6.84. The highest BCUT2D eigenvalue weighted by Crippen LogP contribution is 2.39. The quantitative estimate of drug-likeness (QED) is 0.228. The Labute approximate surface area is 248 Å². The maximum atomic E-state index is 13.6. The Morgan fingerprint density at radius 1 is 1.28 bits per heavy atom. The van der Waals surface area contributed by atoms with Gasteiger partial charge in [-0.3, -0.25) is 9.69 Å². The molecule has 1 unspecified atom stereocenters. The van der Waals surface area contributed by atoms with Crippen LogP contribution in [0.4, 0.5) is 31.8 Å². The molecular formula is C31H35F2N7O3. The van der Waals surface area contributed by atoms with E-state index in [1.807, 2.05) is 54.0 Å². The average molecular weight is 592 g/mol. The molecule has 12 heteroatoms. The van der Waals surface area contributed by atoms with Crippen molar-refractivity contribution in [2.45, 2.75) is 19.6 Å².